The average Bonchev–Trinajstić information content (AvgIpc) is 2.65. The summed E-state index contributed by atoms with van der Waals surface area (Å²) in [6.45, 7) is 9.76. The molecule has 0 saturated heterocycles. The molecule has 160 valence electrons. The third-order valence-electron chi connectivity index (χ3n) is 5.42. The molecule has 1 amide bonds. The summed E-state index contributed by atoms with van der Waals surface area (Å²) in [4.78, 5) is 12.8. The number of hydrogen-bond donors (Lipinski definition) is 3. The predicted octanol–water partition coefficient (Wildman–Crippen LogP) is 5.33. The molecule has 2 aromatic carbocycles. The summed E-state index contributed by atoms with van der Waals surface area (Å²) in [5, 5.41) is 9.45. The number of rotatable bonds is 5. The minimum Gasteiger partial charge on any atom is -0.382 e. The van der Waals surface area contributed by atoms with Crippen LogP contribution in [0, 0.1) is 18.7 Å². The molecule has 1 unspecified atom stereocenters. The summed E-state index contributed by atoms with van der Waals surface area (Å²) >= 11 is 0. The van der Waals surface area contributed by atoms with Gasteiger partial charge in [-0.1, -0.05) is 26.0 Å². The van der Waals surface area contributed by atoms with E-state index in [0.29, 0.717) is 30.0 Å². The van der Waals surface area contributed by atoms with Gasteiger partial charge in [-0.25, -0.2) is 4.39 Å². The van der Waals surface area contributed by atoms with Gasteiger partial charge in [0.2, 0.25) is 0 Å². The molecule has 0 aromatic heterocycles. The molecule has 0 spiro atoms. The van der Waals surface area contributed by atoms with Crippen LogP contribution in [0.4, 0.5) is 15.8 Å². The Kier molecular flexibility index (Phi) is 9.40. The first kappa shape index (κ1) is 25.2. The van der Waals surface area contributed by atoms with Gasteiger partial charge >= 0.3 is 0 Å². The van der Waals surface area contributed by atoms with E-state index >= 15 is 0 Å². The number of nitrogens with one attached hydrogen (secondary N) is 3. The number of carbonyl (C=O) groups is 1. The second kappa shape index (κ2) is 10.8. The summed E-state index contributed by atoms with van der Waals surface area (Å²) in [5.41, 5.74) is 4.25. The topological polar surface area (TPSA) is 53.2 Å². The first-order valence-corrected chi connectivity index (χ1v) is 9.57. The first-order chi connectivity index (χ1) is 12.9. The Morgan fingerprint density at radius 3 is 2.52 bits per heavy atom. The molecule has 1 aliphatic heterocycles. The summed E-state index contributed by atoms with van der Waals surface area (Å²) in [6.07, 6.45) is 0.635. The van der Waals surface area contributed by atoms with Crippen molar-refractivity contribution in [1.29, 1.82) is 0 Å². The molecule has 0 fully saturated rings. The molecule has 29 heavy (non-hydrogen) atoms. The third kappa shape index (κ3) is 5.62. The molecule has 1 aliphatic rings. The monoisotopic (exact) mass is 441 g/mol. The van der Waals surface area contributed by atoms with Crippen LogP contribution in [0.15, 0.2) is 30.3 Å². The number of fused-ring (bicyclic) bond motifs is 1. The molecule has 0 bridgehead atoms. The molecule has 1 atom stereocenters. The first-order valence-electron chi connectivity index (χ1n) is 9.57. The Labute approximate surface area is 184 Å². The lowest BCUT2D eigenvalue weighted by Gasteiger charge is -2.22. The lowest BCUT2D eigenvalue weighted by molar-refractivity contribution is 0.102. The number of hydrogen-bond acceptors (Lipinski definition) is 3. The van der Waals surface area contributed by atoms with Crippen LogP contribution in [0.3, 0.4) is 0 Å². The van der Waals surface area contributed by atoms with E-state index in [1.807, 2.05) is 25.1 Å². The molecule has 1 heterocycles. The normalized spacial score (nSPS) is 13.6. The summed E-state index contributed by atoms with van der Waals surface area (Å²) < 4.78 is 14.8. The van der Waals surface area contributed by atoms with Crippen molar-refractivity contribution in [3.63, 3.8) is 0 Å². The minimum atomic E-state index is -0.317. The Hall–Kier alpha value is -1.82. The van der Waals surface area contributed by atoms with E-state index in [1.54, 1.807) is 12.1 Å². The van der Waals surface area contributed by atoms with Crippen molar-refractivity contribution < 1.29 is 9.18 Å². The van der Waals surface area contributed by atoms with E-state index in [-0.39, 0.29) is 48.3 Å². The van der Waals surface area contributed by atoms with Gasteiger partial charge in [-0.3, -0.25) is 4.79 Å². The molecule has 2 aromatic rings. The maximum Gasteiger partial charge on any atom is 0.256 e. The van der Waals surface area contributed by atoms with Gasteiger partial charge in [0.05, 0.1) is 5.69 Å². The van der Waals surface area contributed by atoms with E-state index < -0.39 is 0 Å². The van der Waals surface area contributed by atoms with Crippen molar-refractivity contribution in [3.05, 3.63) is 58.4 Å². The highest BCUT2D eigenvalue weighted by Gasteiger charge is 2.19. The second-order valence-corrected chi connectivity index (χ2v) is 7.60. The fourth-order valence-corrected chi connectivity index (χ4v) is 3.27. The molecule has 4 nitrogen and oxygen atoms in total. The molecule has 0 aliphatic carbocycles. The van der Waals surface area contributed by atoms with Crippen LogP contribution in [0.25, 0.3) is 0 Å². The number of carbonyl (C=O) groups excluding carboxylic acids is 1. The van der Waals surface area contributed by atoms with E-state index in [9.17, 15) is 9.18 Å². The Morgan fingerprint density at radius 2 is 1.83 bits per heavy atom. The zero-order valence-corrected chi connectivity index (χ0v) is 18.9. The van der Waals surface area contributed by atoms with E-state index in [1.165, 1.54) is 0 Å². The second-order valence-electron chi connectivity index (χ2n) is 7.60. The highest BCUT2D eigenvalue weighted by atomic mass is 35.5. The van der Waals surface area contributed by atoms with Gasteiger partial charge in [0, 0.05) is 23.8 Å². The highest BCUT2D eigenvalue weighted by Crippen LogP contribution is 2.26. The van der Waals surface area contributed by atoms with Crippen LogP contribution in [0.1, 0.15) is 47.8 Å². The van der Waals surface area contributed by atoms with Crippen LogP contribution in [0.5, 0.6) is 0 Å². The summed E-state index contributed by atoms with van der Waals surface area (Å²) in [6, 6.07) is 9.42. The molecule has 0 saturated carbocycles. The summed E-state index contributed by atoms with van der Waals surface area (Å²) in [7, 11) is 0. The van der Waals surface area contributed by atoms with Crippen molar-refractivity contribution >= 4 is 42.1 Å². The quantitative estimate of drug-likeness (QED) is 0.587. The van der Waals surface area contributed by atoms with Gasteiger partial charge in [-0.15, -0.1) is 24.8 Å². The van der Waals surface area contributed by atoms with Crippen molar-refractivity contribution in [1.82, 2.24) is 5.32 Å². The zero-order valence-electron chi connectivity index (χ0n) is 17.3. The SMILES string of the molecule is Cc1c(NC(C)C(C)C)cccc1C(=O)Nc1ccc2c(c1F)CCNC2.Cl.Cl. The molecule has 7 heteroatoms. The van der Waals surface area contributed by atoms with Crippen LogP contribution in [-0.2, 0) is 13.0 Å². The summed E-state index contributed by atoms with van der Waals surface area (Å²) in [5.74, 6) is -0.134. The third-order valence-corrected chi connectivity index (χ3v) is 5.42. The van der Waals surface area contributed by atoms with Gasteiger partial charge in [-0.2, -0.15) is 0 Å². The zero-order chi connectivity index (χ0) is 19.6. The van der Waals surface area contributed by atoms with Crippen molar-refractivity contribution in [2.75, 3.05) is 17.2 Å². The van der Waals surface area contributed by atoms with Crippen LogP contribution < -0.4 is 16.0 Å². The standard InChI is InChI=1S/C22H28FN3O.2ClH/c1-13(2)15(4)25-19-7-5-6-17(14(19)3)22(27)26-20-9-8-16-12-24-11-10-18(16)21(20)23;;/h5-9,13,15,24-25H,10-12H2,1-4H3,(H,26,27);2*1H. The molecular weight excluding hydrogens is 412 g/mol. The number of benzene rings is 2. The van der Waals surface area contributed by atoms with E-state index in [0.717, 1.165) is 23.4 Å². The van der Waals surface area contributed by atoms with Gasteiger partial charge in [-0.05, 0) is 67.6 Å². The maximum absolute atomic E-state index is 14.8. The molecular formula is C22H30Cl2FN3O. The lowest BCUT2D eigenvalue weighted by atomic mass is 9.99. The smallest absolute Gasteiger partial charge is 0.256 e. The van der Waals surface area contributed by atoms with Crippen molar-refractivity contribution in [2.24, 2.45) is 5.92 Å². The van der Waals surface area contributed by atoms with E-state index in [2.05, 4.69) is 36.7 Å². The van der Waals surface area contributed by atoms with Gasteiger partial charge in [0.15, 0.2) is 0 Å². The van der Waals surface area contributed by atoms with Crippen molar-refractivity contribution in [3.8, 4) is 0 Å². The minimum absolute atomic E-state index is 0. The van der Waals surface area contributed by atoms with E-state index in [4.69, 9.17) is 0 Å². The predicted molar refractivity (Wildman–Crippen MR) is 123 cm³/mol. The average molecular weight is 442 g/mol. The molecule has 0 radical (unpaired) electrons. The largest absolute Gasteiger partial charge is 0.382 e. The number of anilines is 2. The number of amides is 1. The maximum atomic E-state index is 14.8. The van der Waals surface area contributed by atoms with Crippen LogP contribution in [0.2, 0.25) is 0 Å². The lowest BCUT2D eigenvalue weighted by Crippen LogP contribution is -2.25. The van der Waals surface area contributed by atoms with Crippen molar-refractivity contribution in [2.45, 2.75) is 46.7 Å². The Morgan fingerprint density at radius 1 is 1.10 bits per heavy atom. The molecule has 3 N–H and O–H groups in total. The van der Waals surface area contributed by atoms with Gasteiger partial charge in [0.25, 0.3) is 5.91 Å². The van der Waals surface area contributed by atoms with Gasteiger partial charge < -0.3 is 16.0 Å². The van der Waals surface area contributed by atoms with Crippen LogP contribution >= 0.6 is 24.8 Å². The van der Waals surface area contributed by atoms with Crippen LogP contribution in [-0.4, -0.2) is 18.5 Å². The Bertz CT molecular complexity index is 858. The Balaban J connectivity index is 0.00000210. The fraction of sp³-hybridized carbons (Fsp3) is 0.409. The fourth-order valence-electron chi connectivity index (χ4n) is 3.27. The van der Waals surface area contributed by atoms with Gasteiger partial charge in [0.1, 0.15) is 5.82 Å². The molecule has 3 rings (SSSR count). The highest BCUT2D eigenvalue weighted by molar-refractivity contribution is 6.06. The number of halogens is 3.